The minimum absolute atomic E-state index is 0.0208. The second-order valence-corrected chi connectivity index (χ2v) is 9.44. The fourth-order valence-corrected chi connectivity index (χ4v) is 5.75. The molecule has 180 valence electrons. The molecule has 1 saturated heterocycles. The predicted molar refractivity (Wildman–Crippen MR) is 124 cm³/mol. The molecule has 0 saturated carbocycles. The van der Waals surface area contributed by atoms with Crippen LogP contribution in [0.5, 0.6) is 5.75 Å². The number of halogens is 2. The molecular weight excluding hydrogens is 454 g/mol. The van der Waals surface area contributed by atoms with Crippen LogP contribution in [0.1, 0.15) is 46.9 Å². The number of hydrogen-bond acceptors (Lipinski definition) is 4. The number of aryl methyl sites for hydroxylation is 1. The van der Waals surface area contributed by atoms with E-state index in [0.29, 0.717) is 34.7 Å². The van der Waals surface area contributed by atoms with E-state index >= 15 is 0 Å². The predicted octanol–water partition coefficient (Wildman–Crippen LogP) is 4.01. The topological polar surface area (TPSA) is 67.7 Å². The Kier molecular flexibility index (Phi) is 4.91. The molecule has 0 N–H and O–H groups in total. The van der Waals surface area contributed by atoms with Crippen LogP contribution >= 0.6 is 0 Å². The molecular formula is C26H24F2N4O3. The number of hydrogen-bond donors (Lipinski definition) is 0. The number of fused-ring (bicyclic) bond motifs is 5. The van der Waals surface area contributed by atoms with E-state index in [1.54, 1.807) is 37.0 Å². The SMILES string of the molecule is CN1C(=O)COc2ccc(C(=O)N3C4CCCC3c3nn(C)c(-c5cc(F)cc(F)c5)c3C4)cc21. The summed E-state index contributed by atoms with van der Waals surface area (Å²) in [5, 5.41) is 4.73. The van der Waals surface area contributed by atoms with Crippen LogP contribution in [0.25, 0.3) is 11.3 Å². The van der Waals surface area contributed by atoms with Crippen molar-refractivity contribution in [3.8, 4) is 17.0 Å². The number of anilines is 1. The normalized spacial score (nSPS) is 20.9. The van der Waals surface area contributed by atoms with Crippen LogP contribution in [0.2, 0.25) is 0 Å². The van der Waals surface area contributed by atoms with Crippen molar-refractivity contribution in [2.45, 2.75) is 37.8 Å². The standard InChI is InChI=1S/C26H24F2N4O3/c1-30-21-10-14(6-7-22(21)35-13-23(30)33)26(34)32-18-4-3-5-20(32)24-19(12-18)25(31(2)29-24)15-8-16(27)11-17(28)9-15/h6-11,18,20H,3-5,12-13H2,1-2H3. The van der Waals surface area contributed by atoms with E-state index in [1.807, 2.05) is 4.90 Å². The van der Waals surface area contributed by atoms with Crippen molar-refractivity contribution in [1.29, 1.82) is 0 Å². The van der Waals surface area contributed by atoms with E-state index in [0.717, 1.165) is 36.6 Å². The molecule has 2 aromatic carbocycles. The number of carbonyl (C=O) groups is 2. The molecule has 35 heavy (non-hydrogen) atoms. The molecule has 2 bridgehead atoms. The van der Waals surface area contributed by atoms with E-state index in [9.17, 15) is 18.4 Å². The van der Waals surface area contributed by atoms with Gasteiger partial charge in [-0.1, -0.05) is 0 Å². The zero-order chi connectivity index (χ0) is 24.4. The van der Waals surface area contributed by atoms with Crippen molar-refractivity contribution in [3.05, 3.63) is 64.9 Å². The molecule has 3 aliphatic rings. The third-order valence-electron chi connectivity index (χ3n) is 7.34. The van der Waals surface area contributed by atoms with Gasteiger partial charge in [0.25, 0.3) is 11.8 Å². The smallest absolute Gasteiger partial charge is 0.264 e. The summed E-state index contributed by atoms with van der Waals surface area (Å²) in [5.41, 5.74) is 3.92. The highest BCUT2D eigenvalue weighted by molar-refractivity contribution is 6.01. The van der Waals surface area contributed by atoms with Gasteiger partial charge in [-0.25, -0.2) is 8.78 Å². The number of ether oxygens (including phenoxy) is 1. The minimum atomic E-state index is -0.636. The largest absolute Gasteiger partial charge is 0.482 e. The van der Waals surface area contributed by atoms with Gasteiger partial charge in [-0.2, -0.15) is 5.10 Å². The molecule has 1 aromatic heterocycles. The molecule has 6 rings (SSSR count). The molecule has 2 amide bonds. The highest BCUT2D eigenvalue weighted by Crippen LogP contribution is 2.45. The van der Waals surface area contributed by atoms with Gasteiger partial charge in [0.05, 0.1) is 23.1 Å². The highest BCUT2D eigenvalue weighted by Gasteiger charge is 2.43. The Morgan fingerprint density at radius 1 is 1.09 bits per heavy atom. The monoisotopic (exact) mass is 478 g/mol. The van der Waals surface area contributed by atoms with Crippen LogP contribution in [0, 0.1) is 11.6 Å². The van der Waals surface area contributed by atoms with Gasteiger partial charge in [-0.3, -0.25) is 14.3 Å². The van der Waals surface area contributed by atoms with Gasteiger partial charge in [-0.05, 0) is 56.0 Å². The zero-order valence-electron chi connectivity index (χ0n) is 19.4. The van der Waals surface area contributed by atoms with Crippen molar-refractivity contribution in [1.82, 2.24) is 14.7 Å². The molecule has 0 aliphatic carbocycles. The lowest BCUT2D eigenvalue weighted by atomic mass is 9.81. The summed E-state index contributed by atoms with van der Waals surface area (Å²) in [7, 11) is 3.44. The Bertz CT molecular complexity index is 1360. The van der Waals surface area contributed by atoms with E-state index in [4.69, 9.17) is 9.84 Å². The van der Waals surface area contributed by atoms with Gasteiger partial charge in [-0.15, -0.1) is 0 Å². The third-order valence-corrected chi connectivity index (χ3v) is 7.34. The summed E-state index contributed by atoms with van der Waals surface area (Å²) in [6.07, 6.45) is 3.12. The van der Waals surface area contributed by atoms with E-state index in [1.165, 1.54) is 17.0 Å². The zero-order valence-corrected chi connectivity index (χ0v) is 19.4. The van der Waals surface area contributed by atoms with Gasteiger partial charge < -0.3 is 14.5 Å². The molecule has 2 unspecified atom stereocenters. The van der Waals surface area contributed by atoms with Crippen LogP contribution in [-0.4, -0.2) is 46.2 Å². The molecule has 3 aliphatic heterocycles. The number of nitrogens with zero attached hydrogens (tertiary/aromatic N) is 4. The van der Waals surface area contributed by atoms with Crippen LogP contribution in [0.3, 0.4) is 0 Å². The number of benzene rings is 2. The summed E-state index contributed by atoms with van der Waals surface area (Å²) in [4.78, 5) is 29.3. The Balaban J connectivity index is 1.39. The second-order valence-electron chi connectivity index (χ2n) is 9.44. The fourth-order valence-electron chi connectivity index (χ4n) is 5.75. The van der Waals surface area contributed by atoms with Gasteiger partial charge in [0.1, 0.15) is 17.4 Å². The van der Waals surface area contributed by atoms with Crippen molar-refractivity contribution in [2.75, 3.05) is 18.6 Å². The van der Waals surface area contributed by atoms with Gasteiger partial charge in [0, 0.05) is 42.9 Å². The van der Waals surface area contributed by atoms with Crippen LogP contribution in [-0.2, 0) is 18.3 Å². The first kappa shape index (κ1) is 21.8. The minimum Gasteiger partial charge on any atom is -0.482 e. The lowest BCUT2D eigenvalue weighted by Gasteiger charge is -2.45. The highest BCUT2D eigenvalue weighted by atomic mass is 19.1. The Morgan fingerprint density at radius 3 is 2.63 bits per heavy atom. The Hall–Kier alpha value is -3.75. The number of carbonyl (C=O) groups excluding carboxylic acids is 2. The lowest BCUT2D eigenvalue weighted by molar-refractivity contribution is -0.121. The molecule has 3 aromatic rings. The maximum Gasteiger partial charge on any atom is 0.264 e. The quantitative estimate of drug-likeness (QED) is 0.558. The number of amides is 2. The maximum atomic E-state index is 14.0. The summed E-state index contributed by atoms with van der Waals surface area (Å²) < 4.78 is 35.1. The molecule has 7 nitrogen and oxygen atoms in total. The van der Waals surface area contributed by atoms with Crippen molar-refractivity contribution >= 4 is 17.5 Å². The van der Waals surface area contributed by atoms with Crippen LogP contribution in [0.15, 0.2) is 36.4 Å². The molecule has 0 radical (unpaired) electrons. The lowest BCUT2D eigenvalue weighted by Crippen LogP contribution is -2.50. The number of piperidine rings is 1. The van der Waals surface area contributed by atoms with Crippen molar-refractivity contribution in [2.24, 2.45) is 7.05 Å². The first-order valence-corrected chi connectivity index (χ1v) is 11.7. The molecule has 4 heterocycles. The number of aromatic nitrogens is 2. The average molecular weight is 478 g/mol. The van der Waals surface area contributed by atoms with Gasteiger partial charge in [0.2, 0.25) is 0 Å². The number of rotatable bonds is 2. The average Bonchev–Trinajstić information content (AvgIpc) is 3.15. The summed E-state index contributed by atoms with van der Waals surface area (Å²) >= 11 is 0. The summed E-state index contributed by atoms with van der Waals surface area (Å²) in [6.45, 7) is -0.0208. The Morgan fingerprint density at radius 2 is 1.86 bits per heavy atom. The first-order chi connectivity index (χ1) is 16.8. The molecule has 2 atom stereocenters. The van der Waals surface area contributed by atoms with Gasteiger partial charge >= 0.3 is 0 Å². The number of likely N-dealkylation sites (N-methyl/N-ethyl adjacent to an activating group) is 1. The summed E-state index contributed by atoms with van der Waals surface area (Å²) in [5.74, 6) is -0.994. The molecule has 1 fully saturated rings. The fraction of sp³-hybridized carbons (Fsp3) is 0.346. The molecule has 9 heteroatoms. The Labute approximate surface area is 200 Å². The van der Waals surface area contributed by atoms with E-state index in [-0.39, 0.29) is 30.5 Å². The van der Waals surface area contributed by atoms with Crippen LogP contribution in [0.4, 0.5) is 14.5 Å². The van der Waals surface area contributed by atoms with Crippen LogP contribution < -0.4 is 9.64 Å². The van der Waals surface area contributed by atoms with Gasteiger partial charge in [0.15, 0.2) is 6.61 Å². The first-order valence-electron chi connectivity index (χ1n) is 11.7. The van der Waals surface area contributed by atoms with Crippen molar-refractivity contribution in [3.63, 3.8) is 0 Å². The third kappa shape index (κ3) is 3.40. The van der Waals surface area contributed by atoms with E-state index < -0.39 is 11.6 Å². The second kappa shape index (κ2) is 7.90. The summed E-state index contributed by atoms with van der Waals surface area (Å²) in [6, 6.07) is 8.39. The molecule has 0 spiro atoms. The van der Waals surface area contributed by atoms with Crippen molar-refractivity contribution < 1.29 is 23.1 Å². The maximum absolute atomic E-state index is 14.0. The van der Waals surface area contributed by atoms with E-state index in [2.05, 4.69) is 0 Å².